The maximum absolute atomic E-state index is 11.4. The molecule has 1 fully saturated rings. The zero-order valence-electron chi connectivity index (χ0n) is 9.62. The first-order chi connectivity index (χ1) is 6.86. The van der Waals surface area contributed by atoms with Crippen LogP contribution < -0.4 is 5.32 Å². The van der Waals surface area contributed by atoms with Gasteiger partial charge in [0.1, 0.15) is 0 Å². The standard InChI is InChI=1S/C9H20N2O3S/c1-9(7-14-8-9)6-10-4-5-15(12,13)11(2)3/h10H,4-8H2,1-3H3. The van der Waals surface area contributed by atoms with Crippen molar-refractivity contribution in [1.29, 1.82) is 0 Å². The van der Waals surface area contributed by atoms with Gasteiger partial charge < -0.3 is 10.1 Å². The molecule has 15 heavy (non-hydrogen) atoms. The summed E-state index contributed by atoms with van der Waals surface area (Å²) in [6.45, 7) is 4.97. The van der Waals surface area contributed by atoms with Crippen molar-refractivity contribution in [2.24, 2.45) is 5.41 Å². The normalized spacial score (nSPS) is 20.3. The molecule has 0 aromatic carbocycles. The SMILES string of the molecule is CN(C)S(=O)(=O)CCNCC1(C)COC1. The van der Waals surface area contributed by atoms with Crippen LogP contribution in [0.3, 0.4) is 0 Å². The van der Waals surface area contributed by atoms with Crippen molar-refractivity contribution in [2.75, 3.05) is 46.2 Å². The number of sulfonamides is 1. The van der Waals surface area contributed by atoms with E-state index in [0.29, 0.717) is 6.54 Å². The average Bonchev–Trinajstić information content (AvgIpc) is 2.09. The quantitative estimate of drug-likeness (QED) is 0.632. The Morgan fingerprint density at radius 1 is 1.40 bits per heavy atom. The van der Waals surface area contributed by atoms with E-state index in [2.05, 4.69) is 12.2 Å². The summed E-state index contributed by atoms with van der Waals surface area (Å²) >= 11 is 0. The van der Waals surface area contributed by atoms with Gasteiger partial charge in [0.25, 0.3) is 0 Å². The minimum absolute atomic E-state index is 0.150. The van der Waals surface area contributed by atoms with Crippen LogP contribution in [0.15, 0.2) is 0 Å². The second-order valence-electron chi connectivity index (χ2n) is 4.58. The zero-order chi connectivity index (χ0) is 11.5. The van der Waals surface area contributed by atoms with Gasteiger partial charge >= 0.3 is 0 Å². The van der Waals surface area contributed by atoms with Crippen molar-refractivity contribution < 1.29 is 13.2 Å². The molecule has 0 aromatic heterocycles. The summed E-state index contributed by atoms with van der Waals surface area (Å²) < 4.78 is 29.2. The lowest BCUT2D eigenvalue weighted by Crippen LogP contribution is -2.48. The molecule has 0 unspecified atom stereocenters. The molecule has 0 bridgehead atoms. The van der Waals surface area contributed by atoms with E-state index in [-0.39, 0.29) is 11.2 Å². The predicted molar refractivity (Wildman–Crippen MR) is 59.3 cm³/mol. The van der Waals surface area contributed by atoms with Crippen LogP contribution in [-0.4, -0.2) is 58.9 Å². The highest BCUT2D eigenvalue weighted by Gasteiger charge is 2.32. The molecule has 0 spiro atoms. The number of rotatable bonds is 6. The van der Waals surface area contributed by atoms with Gasteiger partial charge in [-0.1, -0.05) is 6.92 Å². The van der Waals surface area contributed by atoms with Crippen LogP contribution >= 0.6 is 0 Å². The Bertz CT molecular complexity index is 296. The summed E-state index contributed by atoms with van der Waals surface area (Å²) in [6, 6.07) is 0. The zero-order valence-corrected chi connectivity index (χ0v) is 10.4. The van der Waals surface area contributed by atoms with Crippen LogP contribution in [0.4, 0.5) is 0 Å². The van der Waals surface area contributed by atoms with Crippen LogP contribution in [0.2, 0.25) is 0 Å². The van der Waals surface area contributed by atoms with E-state index < -0.39 is 10.0 Å². The third kappa shape index (κ3) is 3.71. The Kier molecular flexibility index (Phi) is 4.11. The molecule has 0 radical (unpaired) electrons. The summed E-state index contributed by atoms with van der Waals surface area (Å²) in [4.78, 5) is 0. The van der Waals surface area contributed by atoms with Gasteiger partial charge in [0.15, 0.2) is 0 Å². The topological polar surface area (TPSA) is 58.6 Å². The lowest BCUT2D eigenvalue weighted by Gasteiger charge is -2.38. The maximum atomic E-state index is 11.4. The van der Waals surface area contributed by atoms with Gasteiger partial charge in [-0.3, -0.25) is 0 Å². The van der Waals surface area contributed by atoms with Crippen LogP contribution in [0.5, 0.6) is 0 Å². The summed E-state index contributed by atoms with van der Waals surface area (Å²) in [6.07, 6.45) is 0. The molecule has 90 valence electrons. The van der Waals surface area contributed by atoms with Gasteiger partial charge in [-0.05, 0) is 0 Å². The molecule has 1 rings (SSSR count). The molecule has 1 aliphatic rings. The largest absolute Gasteiger partial charge is 0.380 e. The van der Waals surface area contributed by atoms with Crippen LogP contribution in [0, 0.1) is 5.41 Å². The molecule has 0 aliphatic carbocycles. The lowest BCUT2D eigenvalue weighted by molar-refractivity contribution is -0.0987. The second kappa shape index (κ2) is 4.78. The molecule has 0 aromatic rings. The number of ether oxygens (including phenoxy) is 1. The summed E-state index contributed by atoms with van der Waals surface area (Å²) in [7, 11) is 0.0389. The lowest BCUT2D eigenvalue weighted by atomic mass is 9.89. The first-order valence-electron chi connectivity index (χ1n) is 5.04. The summed E-state index contributed by atoms with van der Waals surface area (Å²) in [5.41, 5.74) is 0.196. The van der Waals surface area contributed by atoms with Crippen molar-refractivity contribution in [2.45, 2.75) is 6.92 Å². The van der Waals surface area contributed by atoms with E-state index in [9.17, 15) is 8.42 Å². The number of hydrogen-bond acceptors (Lipinski definition) is 4. The third-order valence-electron chi connectivity index (χ3n) is 2.55. The van der Waals surface area contributed by atoms with E-state index >= 15 is 0 Å². The molecule has 0 atom stereocenters. The Balaban J connectivity index is 2.17. The Morgan fingerprint density at radius 3 is 2.40 bits per heavy atom. The number of nitrogens with one attached hydrogen (secondary N) is 1. The molecular weight excluding hydrogens is 216 g/mol. The van der Waals surface area contributed by atoms with E-state index in [1.807, 2.05) is 0 Å². The average molecular weight is 236 g/mol. The van der Waals surface area contributed by atoms with Crippen molar-refractivity contribution in [3.63, 3.8) is 0 Å². The number of nitrogens with zero attached hydrogens (tertiary/aromatic N) is 1. The Labute approximate surface area is 91.8 Å². The van der Waals surface area contributed by atoms with E-state index in [4.69, 9.17) is 4.74 Å². The molecule has 1 N–H and O–H groups in total. The fourth-order valence-corrected chi connectivity index (χ4v) is 2.09. The van der Waals surface area contributed by atoms with Crippen LogP contribution in [0.25, 0.3) is 0 Å². The Hall–Kier alpha value is -0.170. The number of hydrogen-bond donors (Lipinski definition) is 1. The van der Waals surface area contributed by atoms with Crippen molar-refractivity contribution in [3.8, 4) is 0 Å². The summed E-state index contributed by atoms with van der Waals surface area (Å²) in [5, 5.41) is 3.15. The molecule has 6 heteroatoms. The predicted octanol–water partition coefficient (Wildman–Crippen LogP) is -0.496. The second-order valence-corrected chi connectivity index (χ2v) is 6.88. The van der Waals surface area contributed by atoms with Gasteiger partial charge in [0.05, 0.1) is 19.0 Å². The third-order valence-corrected chi connectivity index (χ3v) is 4.38. The van der Waals surface area contributed by atoms with Gasteiger partial charge in [0.2, 0.25) is 10.0 Å². The fraction of sp³-hybridized carbons (Fsp3) is 1.00. The van der Waals surface area contributed by atoms with Crippen molar-refractivity contribution in [1.82, 2.24) is 9.62 Å². The van der Waals surface area contributed by atoms with Gasteiger partial charge in [-0.2, -0.15) is 0 Å². The molecule has 5 nitrogen and oxygen atoms in total. The monoisotopic (exact) mass is 236 g/mol. The van der Waals surface area contributed by atoms with Gasteiger partial charge in [-0.15, -0.1) is 0 Å². The minimum atomic E-state index is -3.07. The van der Waals surface area contributed by atoms with Crippen LogP contribution in [0.1, 0.15) is 6.92 Å². The highest BCUT2D eigenvalue weighted by atomic mass is 32.2. The molecule has 1 saturated heterocycles. The van der Waals surface area contributed by atoms with Crippen molar-refractivity contribution >= 4 is 10.0 Å². The van der Waals surface area contributed by atoms with E-state index in [0.717, 1.165) is 19.8 Å². The fourth-order valence-electron chi connectivity index (χ4n) is 1.33. The maximum Gasteiger partial charge on any atom is 0.214 e. The molecule has 1 aliphatic heterocycles. The molecule has 0 saturated carbocycles. The highest BCUT2D eigenvalue weighted by Crippen LogP contribution is 2.24. The molecular formula is C9H20N2O3S. The minimum Gasteiger partial charge on any atom is -0.380 e. The van der Waals surface area contributed by atoms with Crippen molar-refractivity contribution in [3.05, 3.63) is 0 Å². The van der Waals surface area contributed by atoms with Crippen LogP contribution in [-0.2, 0) is 14.8 Å². The van der Waals surface area contributed by atoms with E-state index in [1.165, 1.54) is 4.31 Å². The van der Waals surface area contributed by atoms with Gasteiger partial charge in [0, 0.05) is 32.6 Å². The first-order valence-corrected chi connectivity index (χ1v) is 6.65. The molecule has 0 amide bonds. The highest BCUT2D eigenvalue weighted by molar-refractivity contribution is 7.89. The Morgan fingerprint density at radius 2 is 2.00 bits per heavy atom. The first kappa shape index (κ1) is 12.9. The van der Waals surface area contributed by atoms with E-state index in [1.54, 1.807) is 14.1 Å². The van der Waals surface area contributed by atoms with Gasteiger partial charge in [-0.25, -0.2) is 12.7 Å². The molecule has 1 heterocycles. The smallest absolute Gasteiger partial charge is 0.214 e. The summed E-state index contributed by atoms with van der Waals surface area (Å²) in [5.74, 6) is 0.150.